The maximum absolute atomic E-state index is 10.3. The van der Waals surface area contributed by atoms with Gasteiger partial charge in [0.2, 0.25) is 0 Å². The molecule has 3 heteroatoms. The number of aromatic carboxylic acids is 1. The third-order valence-electron chi connectivity index (χ3n) is 1.13. The highest BCUT2D eigenvalue weighted by atomic mass is 16.4. The molecule has 0 bridgehead atoms. The molecule has 10 heavy (non-hydrogen) atoms. The predicted octanol–water partition coefficient (Wildman–Crippen LogP) is 1.09. The van der Waals surface area contributed by atoms with Crippen LogP contribution in [0.1, 0.15) is 10.4 Å². The maximum Gasteiger partial charge on any atom is 0.339 e. The lowest BCUT2D eigenvalue weighted by atomic mass is 10.9. The van der Waals surface area contributed by atoms with Crippen LogP contribution in [-0.4, -0.2) is 16.2 Å². The van der Waals surface area contributed by atoms with Crippen molar-refractivity contribution in [1.29, 1.82) is 0 Å². The highest BCUT2D eigenvalue weighted by molar-refractivity contribution is 5.90. The van der Waals surface area contributed by atoms with Gasteiger partial charge in [-0.3, -0.25) is 0 Å². The summed E-state index contributed by atoms with van der Waals surface area (Å²) in [6, 6.07) is 5.81. The first-order valence-corrected chi connectivity index (χ1v) is 2.73. The first kappa shape index (κ1) is 6.61. The van der Waals surface area contributed by atoms with Gasteiger partial charge in [0, 0.05) is 0 Å². The van der Waals surface area contributed by atoms with Crippen LogP contribution in [0.15, 0.2) is 24.3 Å². The number of benzene rings is 1. The number of carboxylic acid groups (broad SMARTS) is 1. The van der Waals surface area contributed by atoms with Gasteiger partial charge in [-0.05, 0) is 12.1 Å². The van der Waals surface area contributed by atoms with Crippen molar-refractivity contribution in [3.8, 4) is 5.75 Å². The fourth-order valence-corrected chi connectivity index (χ4v) is 0.654. The van der Waals surface area contributed by atoms with E-state index in [4.69, 9.17) is 10.2 Å². The molecule has 0 amide bonds. The van der Waals surface area contributed by atoms with Gasteiger partial charge in [-0.2, -0.15) is 0 Å². The Morgan fingerprint density at radius 2 is 1.90 bits per heavy atom. The fraction of sp³-hybridized carbons (Fsp3) is 0. The fourth-order valence-electron chi connectivity index (χ4n) is 0.654. The van der Waals surface area contributed by atoms with E-state index < -0.39 is 5.97 Å². The molecular weight excluding hydrogens is 138 g/mol. The van der Waals surface area contributed by atoms with Crippen molar-refractivity contribution >= 4 is 5.97 Å². The summed E-state index contributed by atoms with van der Waals surface area (Å²) in [5.74, 6) is -1.31. The minimum Gasteiger partial charge on any atom is -0.507 e. The van der Waals surface area contributed by atoms with Crippen molar-refractivity contribution in [1.82, 2.24) is 0 Å². The molecule has 52 valence electrons. The van der Waals surface area contributed by atoms with Gasteiger partial charge in [-0.25, -0.2) is 4.79 Å². The summed E-state index contributed by atoms with van der Waals surface area (Å²) in [6.45, 7) is 0. The molecule has 0 spiro atoms. The lowest BCUT2D eigenvalue weighted by molar-refractivity contribution is 0.0694. The zero-order valence-corrected chi connectivity index (χ0v) is 5.11. The molecule has 0 unspecified atom stereocenters. The molecule has 0 atom stereocenters. The lowest BCUT2D eigenvalue weighted by Gasteiger charge is -1.95. The Kier molecular flexibility index (Phi) is 1.58. The number of carbonyl (C=O) groups is 1. The zero-order valence-electron chi connectivity index (χ0n) is 5.11. The van der Waals surface area contributed by atoms with Gasteiger partial charge in [0.25, 0.3) is 0 Å². The van der Waals surface area contributed by atoms with E-state index in [-0.39, 0.29) is 11.3 Å². The highest BCUT2D eigenvalue weighted by Crippen LogP contribution is 2.14. The molecule has 2 N–H and O–H groups in total. The Bertz CT molecular complexity index is 255. The monoisotopic (exact) mass is 144 g/mol. The van der Waals surface area contributed by atoms with E-state index in [1.165, 1.54) is 12.1 Å². The SMILES string of the molecule is O=C(O)[13c]1[13cH][13cH][13cH][13cH][13c]1O. The largest absolute Gasteiger partial charge is 0.507 e. The average Bonchev–Trinajstić information content (AvgIpc) is 1.88. The average molecular weight is 144 g/mol. The topological polar surface area (TPSA) is 57.5 Å². The number of phenols is 1. The molecular formula is C7H6O3. The van der Waals surface area contributed by atoms with Crippen LogP contribution >= 0.6 is 0 Å². The minimum absolute atomic E-state index is 0.0671. The number of hydrogen-bond donors (Lipinski definition) is 2. The number of carboxylic acids is 1. The first-order chi connectivity index (χ1) is 4.72. The van der Waals surface area contributed by atoms with Crippen LogP contribution in [0, 0.1) is 0 Å². The highest BCUT2D eigenvalue weighted by Gasteiger charge is 2.05. The summed E-state index contributed by atoms with van der Waals surface area (Å²) in [5, 5.41) is 17.3. The summed E-state index contributed by atoms with van der Waals surface area (Å²) >= 11 is 0. The summed E-state index contributed by atoms with van der Waals surface area (Å²) in [6.07, 6.45) is 0. The molecule has 0 heterocycles. The smallest absolute Gasteiger partial charge is 0.339 e. The van der Waals surface area contributed by atoms with Crippen LogP contribution in [0.25, 0.3) is 0 Å². The van der Waals surface area contributed by atoms with Gasteiger partial charge >= 0.3 is 5.97 Å². The van der Waals surface area contributed by atoms with E-state index in [9.17, 15) is 4.79 Å². The summed E-state index contributed by atoms with van der Waals surface area (Å²) in [5.41, 5.74) is -0.0671. The molecule has 0 aliphatic rings. The number of aromatic hydroxyl groups is 1. The molecule has 0 aliphatic heterocycles. The summed E-state index contributed by atoms with van der Waals surface area (Å²) in [7, 11) is 0. The lowest BCUT2D eigenvalue weighted by Crippen LogP contribution is -1.95. The van der Waals surface area contributed by atoms with E-state index in [2.05, 4.69) is 0 Å². The van der Waals surface area contributed by atoms with Gasteiger partial charge in [0.15, 0.2) is 0 Å². The van der Waals surface area contributed by atoms with Gasteiger partial charge in [0.1, 0.15) is 11.3 Å². The molecule has 0 saturated carbocycles. The van der Waals surface area contributed by atoms with Crippen molar-refractivity contribution in [2.75, 3.05) is 0 Å². The van der Waals surface area contributed by atoms with Crippen LogP contribution in [0.5, 0.6) is 5.75 Å². The molecule has 3 nitrogen and oxygen atoms in total. The Balaban J connectivity index is 3.15. The van der Waals surface area contributed by atoms with Crippen molar-refractivity contribution in [2.45, 2.75) is 0 Å². The standard InChI is InChI=1S/C7H6O3/c8-6-4-2-1-3-5(6)7(9)10/h1-4,8H,(H,9,10)/i1+1,2+1,3+1,4+1,5+1,6+1. The molecule has 1 aromatic rings. The quantitative estimate of drug-likeness (QED) is 0.620. The van der Waals surface area contributed by atoms with Crippen LogP contribution in [-0.2, 0) is 0 Å². The van der Waals surface area contributed by atoms with E-state index in [0.29, 0.717) is 0 Å². The minimum atomic E-state index is -1.11. The first-order valence-electron chi connectivity index (χ1n) is 2.73. The molecule has 0 aliphatic carbocycles. The third kappa shape index (κ3) is 1.07. The van der Waals surface area contributed by atoms with Crippen LogP contribution in [0.4, 0.5) is 0 Å². The number of hydrogen-bond acceptors (Lipinski definition) is 2. The van der Waals surface area contributed by atoms with Crippen molar-refractivity contribution in [2.24, 2.45) is 0 Å². The van der Waals surface area contributed by atoms with Gasteiger partial charge in [0.05, 0.1) is 0 Å². The molecule has 0 aromatic heterocycles. The number of rotatable bonds is 1. The Morgan fingerprint density at radius 1 is 1.30 bits per heavy atom. The second kappa shape index (κ2) is 2.39. The third-order valence-corrected chi connectivity index (χ3v) is 1.13. The van der Waals surface area contributed by atoms with E-state index in [1.807, 2.05) is 0 Å². The van der Waals surface area contributed by atoms with Gasteiger partial charge in [-0.15, -0.1) is 0 Å². The van der Waals surface area contributed by atoms with Crippen molar-refractivity contribution < 1.29 is 15.0 Å². The second-order valence-electron chi connectivity index (χ2n) is 1.82. The van der Waals surface area contributed by atoms with E-state index in [1.54, 1.807) is 12.1 Å². The van der Waals surface area contributed by atoms with Crippen molar-refractivity contribution in [3.05, 3.63) is 29.8 Å². The molecule has 0 fully saturated rings. The Hall–Kier alpha value is -1.51. The van der Waals surface area contributed by atoms with Gasteiger partial charge < -0.3 is 10.2 Å². The summed E-state index contributed by atoms with van der Waals surface area (Å²) < 4.78 is 0. The van der Waals surface area contributed by atoms with Crippen LogP contribution < -0.4 is 0 Å². The Labute approximate surface area is 57.5 Å². The number of para-hydroxylation sites is 1. The second-order valence-corrected chi connectivity index (χ2v) is 1.82. The maximum atomic E-state index is 10.3. The molecule has 1 aromatic carbocycles. The van der Waals surface area contributed by atoms with Crippen LogP contribution in [0.2, 0.25) is 0 Å². The summed E-state index contributed by atoms with van der Waals surface area (Å²) in [4.78, 5) is 10.3. The Morgan fingerprint density at radius 3 is 2.30 bits per heavy atom. The normalized spacial score (nSPS) is 9.20. The zero-order chi connectivity index (χ0) is 7.56. The van der Waals surface area contributed by atoms with E-state index in [0.717, 1.165) is 0 Å². The molecule has 0 saturated heterocycles. The predicted molar refractivity (Wildman–Crippen MR) is 35.1 cm³/mol. The van der Waals surface area contributed by atoms with Gasteiger partial charge in [-0.1, -0.05) is 12.1 Å². The molecule has 1 rings (SSSR count). The van der Waals surface area contributed by atoms with E-state index >= 15 is 0 Å². The van der Waals surface area contributed by atoms with Crippen LogP contribution in [0.3, 0.4) is 0 Å². The molecule has 0 radical (unpaired) electrons. The van der Waals surface area contributed by atoms with Crippen molar-refractivity contribution in [3.63, 3.8) is 0 Å².